The predicted octanol–water partition coefficient (Wildman–Crippen LogP) is 1.06. The highest BCUT2D eigenvalue weighted by Crippen LogP contribution is 2.17. The molecule has 0 aromatic heterocycles. The molecule has 2 rings (SSSR count). The van der Waals surface area contributed by atoms with E-state index in [0.29, 0.717) is 5.69 Å². The van der Waals surface area contributed by atoms with Crippen LogP contribution in [0, 0.1) is 0 Å². The van der Waals surface area contributed by atoms with Crippen molar-refractivity contribution >= 4 is 17.5 Å². The monoisotopic (exact) mass is 275 g/mol. The van der Waals surface area contributed by atoms with Crippen molar-refractivity contribution < 1.29 is 9.59 Å². The van der Waals surface area contributed by atoms with Crippen LogP contribution in [0.3, 0.4) is 0 Å². The van der Waals surface area contributed by atoms with Gasteiger partial charge in [-0.05, 0) is 31.0 Å². The number of hydrogen-bond donors (Lipinski definition) is 3. The van der Waals surface area contributed by atoms with E-state index in [1.807, 2.05) is 24.3 Å². The summed E-state index contributed by atoms with van der Waals surface area (Å²) in [5.41, 5.74) is 1.55. The summed E-state index contributed by atoms with van der Waals surface area (Å²) in [4.78, 5) is 23.7. The van der Waals surface area contributed by atoms with Crippen molar-refractivity contribution in [2.75, 3.05) is 18.9 Å². The van der Waals surface area contributed by atoms with Crippen LogP contribution >= 0.6 is 0 Å². The summed E-state index contributed by atoms with van der Waals surface area (Å²) in [6, 6.07) is 7.29. The van der Waals surface area contributed by atoms with Crippen LogP contribution in [0.5, 0.6) is 0 Å². The van der Waals surface area contributed by atoms with Gasteiger partial charge in [-0.2, -0.15) is 0 Å². The van der Waals surface area contributed by atoms with Crippen molar-refractivity contribution in [3.63, 3.8) is 0 Å². The third-order valence-electron chi connectivity index (χ3n) is 3.53. The minimum Gasteiger partial charge on any atom is -0.359 e. The Bertz CT molecular complexity index is 482. The number of benzene rings is 1. The van der Waals surface area contributed by atoms with Crippen molar-refractivity contribution in [3.05, 3.63) is 29.8 Å². The highest BCUT2D eigenvalue weighted by molar-refractivity contribution is 5.96. The normalized spacial score (nSPS) is 18.4. The van der Waals surface area contributed by atoms with Gasteiger partial charge in [0.05, 0.1) is 12.5 Å². The number of rotatable bonds is 4. The zero-order valence-electron chi connectivity index (χ0n) is 11.7. The van der Waals surface area contributed by atoms with Gasteiger partial charge in [-0.1, -0.05) is 24.6 Å². The lowest BCUT2D eigenvalue weighted by molar-refractivity contribution is -0.120. The molecule has 0 radical (unpaired) electrons. The summed E-state index contributed by atoms with van der Waals surface area (Å²) in [5, 5.41) is 8.74. The smallest absolute Gasteiger partial charge is 0.241 e. The second-order valence-electron chi connectivity index (χ2n) is 5.00. The summed E-state index contributed by atoms with van der Waals surface area (Å²) in [6.07, 6.45) is 3.33. The van der Waals surface area contributed by atoms with Crippen LogP contribution in [0.15, 0.2) is 24.3 Å². The number of carbonyl (C=O) groups is 2. The first-order valence-corrected chi connectivity index (χ1v) is 7.03. The van der Waals surface area contributed by atoms with Gasteiger partial charge in [-0.15, -0.1) is 0 Å². The van der Waals surface area contributed by atoms with Crippen LogP contribution in [0.1, 0.15) is 24.8 Å². The van der Waals surface area contributed by atoms with E-state index in [1.54, 1.807) is 7.05 Å². The van der Waals surface area contributed by atoms with Gasteiger partial charge in [0, 0.05) is 12.7 Å². The molecular weight excluding hydrogens is 254 g/mol. The SMILES string of the molecule is CNC(=O)Cc1ccccc1NC(=O)[C@H]1CCCCN1. The van der Waals surface area contributed by atoms with Crippen LogP contribution in [0.2, 0.25) is 0 Å². The molecule has 1 aromatic rings. The largest absolute Gasteiger partial charge is 0.359 e. The Morgan fingerprint density at radius 3 is 2.80 bits per heavy atom. The van der Waals surface area contributed by atoms with E-state index >= 15 is 0 Å². The fourth-order valence-electron chi connectivity index (χ4n) is 2.35. The topological polar surface area (TPSA) is 70.2 Å². The summed E-state index contributed by atoms with van der Waals surface area (Å²) < 4.78 is 0. The van der Waals surface area contributed by atoms with E-state index in [9.17, 15) is 9.59 Å². The lowest BCUT2D eigenvalue weighted by atomic mass is 10.0. The molecule has 5 nitrogen and oxygen atoms in total. The Labute approximate surface area is 119 Å². The number of para-hydroxylation sites is 1. The van der Waals surface area contributed by atoms with Gasteiger partial charge in [0.15, 0.2) is 0 Å². The number of piperidine rings is 1. The number of hydrogen-bond acceptors (Lipinski definition) is 3. The minimum atomic E-state index is -0.128. The highest BCUT2D eigenvalue weighted by Gasteiger charge is 2.21. The van der Waals surface area contributed by atoms with Crippen LogP contribution in [0.25, 0.3) is 0 Å². The van der Waals surface area contributed by atoms with Crippen LogP contribution in [-0.2, 0) is 16.0 Å². The standard InChI is InChI=1S/C15H21N3O2/c1-16-14(19)10-11-6-2-3-7-12(11)18-15(20)13-8-4-5-9-17-13/h2-3,6-7,13,17H,4-5,8-10H2,1H3,(H,16,19)(H,18,20)/t13-/m1/s1. The summed E-state index contributed by atoms with van der Waals surface area (Å²) >= 11 is 0. The molecule has 108 valence electrons. The van der Waals surface area contributed by atoms with Crippen LogP contribution in [0.4, 0.5) is 5.69 Å². The van der Waals surface area contributed by atoms with E-state index in [1.165, 1.54) is 0 Å². The van der Waals surface area contributed by atoms with Gasteiger partial charge < -0.3 is 16.0 Å². The molecule has 0 saturated carbocycles. The molecule has 1 atom stereocenters. The Balaban J connectivity index is 2.04. The Morgan fingerprint density at radius 2 is 2.10 bits per heavy atom. The number of nitrogens with one attached hydrogen (secondary N) is 3. The molecule has 20 heavy (non-hydrogen) atoms. The predicted molar refractivity (Wildman–Crippen MR) is 78.5 cm³/mol. The Kier molecular flexibility index (Phi) is 5.12. The Hall–Kier alpha value is -1.88. The molecule has 3 N–H and O–H groups in total. The molecule has 2 amide bonds. The maximum atomic E-state index is 12.2. The van der Waals surface area contributed by atoms with E-state index in [0.717, 1.165) is 31.4 Å². The molecule has 0 bridgehead atoms. The lowest BCUT2D eigenvalue weighted by Gasteiger charge is -2.23. The van der Waals surface area contributed by atoms with Crippen molar-refractivity contribution in [2.45, 2.75) is 31.7 Å². The molecular formula is C15H21N3O2. The van der Waals surface area contributed by atoms with Crippen LogP contribution in [-0.4, -0.2) is 31.4 Å². The van der Waals surface area contributed by atoms with Gasteiger partial charge >= 0.3 is 0 Å². The zero-order chi connectivity index (χ0) is 14.4. The first-order chi connectivity index (χ1) is 9.70. The Morgan fingerprint density at radius 1 is 1.30 bits per heavy atom. The molecule has 0 unspecified atom stereocenters. The molecule has 1 saturated heterocycles. The van der Waals surface area contributed by atoms with Crippen molar-refractivity contribution in [1.29, 1.82) is 0 Å². The van der Waals surface area contributed by atoms with E-state index in [4.69, 9.17) is 0 Å². The second-order valence-corrected chi connectivity index (χ2v) is 5.00. The third kappa shape index (κ3) is 3.81. The molecule has 1 aliphatic heterocycles. The fourth-order valence-corrected chi connectivity index (χ4v) is 2.35. The maximum absolute atomic E-state index is 12.2. The summed E-state index contributed by atoms with van der Waals surface area (Å²) in [5.74, 6) is -0.0865. The van der Waals surface area contributed by atoms with E-state index in [-0.39, 0.29) is 24.3 Å². The van der Waals surface area contributed by atoms with Gasteiger partial charge in [0.2, 0.25) is 11.8 Å². The molecule has 5 heteroatoms. The molecule has 0 aliphatic carbocycles. The van der Waals surface area contributed by atoms with Gasteiger partial charge in [0.1, 0.15) is 0 Å². The first kappa shape index (κ1) is 14.5. The number of carbonyl (C=O) groups excluding carboxylic acids is 2. The maximum Gasteiger partial charge on any atom is 0.241 e. The van der Waals surface area contributed by atoms with E-state index in [2.05, 4.69) is 16.0 Å². The number of likely N-dealkylation sites (N-methyl/N-ethyl adjacent to an activating group) is 1. The summed E-state index contributed by atoms with van der Waals surface area (Å²) in [7, 11) is 1.61. The quantitative estimate of drug-likeness (QED) is 0.769. The van der Waals surface area contributed by atoms with Gasteiger partial charge in [0.25, 0.3) is 0 Å². The van der Waals surface area contributed by atoms with Crippen molar-refractivity contribution in [2.24, 2.45) is 0 Å². The van der Waals surface area contributed by atoms with Gasteiger partial charge in [-0.25, -0.2) is 0 Å². The number of anilines is 1. The second kappa shape index (κ2) is 7.05. The van der Waals surface area contributed by atoms with Crippen LogP contribution < -0.4 is 16.0 Å². The summed E-state index contributed by atoms with van der Waals surface area (Å²) in [6.45, 7) is 0.887. The molecule has 1 fully saturated rings. The number of amides is 2. The fraction of sp³-hybridized carbons (Fsp3) is 0.467. The highest BCUT2D eigenvalue weighted by atomic mass is 16.2. The van der Waals surface area contributed by atoms with E-state index < -0.39 is 0 Å². The average Bonchev–Trinajstić information content (AvgIpc) is 2.50. The molecule has 1 aromatic carbocycles. The van der Waals surface area contributed by atoms with Crippen molar-refractivity contribution in [3.8, 4) is 0 Å². The molecule has 0 spiro atoms. The molecule has 1 aliphatic rings. The van der Waals surface area contributed by atoms with Crippen molar-refractivity contribution in [1.82, 2.24) is 10.6 Å². The third-order valence-corrected chi connectivity index (χ3v) is 3.53. The lowest BCUT2D eigenvalue weighted by Crippen LogP contribution is -2.43. The molecule has 1 heterocycles. The zero-order valence-corrected chi connectivity index (χ0v) is 11.7. The van der Waals surface area contributed by atoms with Gasteiger partial charge in [-0.3, -0.25) is 9.59 Å². The minimum absolute atomic E-state index is 0.0194. The average molecular weight is 275 g/mol. The first-order valence-electron chi connectivity index (χ1n) is 7.03.